The molecule has 2 saturated carbocycles. The maximum absolute atomic E-state index is 12.1. The summed E-state index contributed by atoms with van der Waals surface area (Å²) in [5.41, 5.74) is 1.70. The van der Waals surface area contributed by atoms with Gasteiger partial charge in [-0.05, 0) is 48.8 Å². The number of oxazole rings is 1. The van der Waals surface area contributed by atoms with E-state index in [-0.39, 0.29) is 6.03 Å². The average molecular weight is 312 g/mol. The number of rotatable bonds is 4. The minimum Gasteiger partial charge on any atom is -0.442 e. The van der Waals surface area contributed by atoms with Crippen LogP contribution in [0.25, 0.3) is 11.5 Å². The second kappa shape index (κ2) is 6.02. The van der Waals surface area contributed by atoms with Crippen molar-refractivity contribution in [2.24, 2.45) is 11.8 Å². The number of nitrogens with one attached hydrogen (secondary N) is 2. The number of fused-ring (bicyclic) bond motifs is 2. The predicted molar refractivity (Wildman–Crippen MR) is 84.3 cm³/mol. The molecule has 0 spiro atoms. The van der Waals surface area contributed by atoms with Gasteiger partial charge in [-0.1, -0.05) is 6.42 Å². The summed E-state index contributed by atoms with van der Waals surface area (Å²) < 4.78 is 5.24. The monoisotopic (exact) mass is 312 g/mol. The summed E-state index contributed by atoms with van der Waals surface area (Å²) in [7, 11) is 0. The lowest BCUT2D eigenvalue weighted by atomic mass is 9.95. The fourth-order valence-electron chi connectivity index (χ4n) is 3.88. The van der Waals surface area contributed by atoms with E-state index < -0.39 is 0 Å². The van der Waals surface area contributed by atoms with Gasteiger partial charge in [0, 0.05) is 18.8 Å². The number of amides is 2. The minimum absolute atomic E-state index is 0.0828. The molecule has 3 atom stereocenters. The summed E-state index contributed by atoms with van der Waals surface area (Å²) in [6, 6.07) is 4.06. The average Bonchev–Trinajstić information content (AvgIpc) is 3.30. The third-order valence-electron chi connectivity index (χ3n) is 5.02. The van der Waals surface area contributed by atoms with Crippen LogP contribution >= 0.6 is 0 Å². The van der Waals surface area contributed by atoms with E-state index in [9.17, 15) is 4.79 Å². The Morgan fingerprint density at radius 3 is 3.04 bits per heavy atom. The fourth-order valence-corrected chi connectivity index (χ4v) is 3.88. The van der Waals surface area contributed by atoms with Gasteiger partial charge in [-0.25, -0.2) is 9.78 Å². The first-order valence-electron chi connectivity index (χ1n) is 8.16. The third kappa shape index (κ3) is 3.06. The molecule has 0 aliphatic heterocycles. The Balaban J connectivity index is 1.32. The van der Waals surface area contributed by atoms with Crippen molar-refractivity contribution in [3.05, 3.63) is 36.5 Å². The zero-order chi connectivity index (χ0) is 15.6. The lowest BCUT2D eigenvalue weighted by Crippen LogP contribution is -2.44. The van der Waals surface area contributed by atoms with Gasteiger partial charge in [-0.2, -0.15) is 0 Å². The highest BCUT2D eigenvalue weighted by molar-refractivity contribution is 5.74. The molecule has 23 heavy (non-hydrogen) atoms. The van der Waals surface area contributed by atoms with E-state index >= 15 is 0 Å². The number of carbonyl (C=O) groups is 1. The molecule has 6 nitrogen and oxygen atoms in total. The van der Waals surface area contributed by atoms with Crippen LogP contribution in [0, 0.1) is 11.8 Å². The van der Waals surface area contributed by atoms with Gasteiger partial charge < -0.3 is 15.1 Å². The van der Waals surface area contributed by atoms with E-state index in [2.05, 4.69) is 20.6 Å². The first kappa shape index (κ1) is 14.2. The zero-order valence-corrected chi connectivity index (χ0v) is 12.9. The van der Waals surface area contributed by atoms with Gasteiger partial charge in [0.2, 0.25) is 0 Å². The second-order valence-corrected chi connectivity index (χ2v) is 6.52. The third-order valence-corrected chi connectivity index (χ3v) is 5.02. The number of hydrogen-bond acceptors (Lipinski definition) is 4. The molecule has 0 radical (unpaired) electrons. The number of urea groups is 1. The van der Waals surface area contributed by atoms with Crippen LogP contribution < -0.4 is 10.6 Å². The molecule has 6 heteroatoms. The Hall–Kier alpha value is -2.37. The largest absolute Gasteiger partial charge is 0.442 e. The molecule has 2 aromatic rings. The van der Waals surface area contributed by atoms with Crippen LogP contribution in [-0.4, -0.2) is 22.0 Å². The highest BCUT2D eigenvalue weighted by Crippen LogP contribution is 2.44. The van der Waals surface area contributed by atoms with Gasteiger partial charge in [0.1, 0.15) is 5.69 Å². The zero-order valence-electron chi connectivity index (χ0n) is 12.9. The molecular formula is C17H20N4O2. The van der Waals surface area contributed by atoms with Crippen LogP contribution in [0.1, 0.15) is 31.2 Å². The van der Waals surface area contributed by atoms with Crippen molar-refractivity contribution in [3.63, 3.8) is 0 Å². The molecule has 0 saturated heterocycles. The highest BCUT2D eigenvalue weighted by atomic mass is 16.3. The molecule has 2 aromatic heterocycles. The van der Waals surface area contributed by atoms with Crippen LogP contribution in [0.4, 0.5) is 4.79 Å². The summed E-state index contributed by atoms with van der Waals surface area (Å²) in [5, 5.41) is 6.06. The molecular weight excluding hydrogens is 292 g/mol. The molecule has 120 valence electrons. The van der Waals surface area contributed by atoms with E-state index in [1.165, 1.54) is 25.7 Å². The Bertz CT molecular complexity index is 686. The summed E-state index contributed by atoms with van der Waals surface area (Å²) in [5.74, 6) is 2.14. The van der Waals surface area contributed by atoms with E-state index in [4.69, 9.17) is 4.42 Å². The Morgan fingerprint density at radius 2 is 2.30 bits per heavy atom. The lowest BCUT2D eigenvalue weighted by Gasteiger charge is -2.23. The molecule has 2 amide bonds. The normalized spacial score (nSPS) is 25.5. The standard InChI is InChI=1S/C17H20N4O2/c22-17(21-14-6-11-1-2-13(14)5-11)20-8-12-3-4-19-15(7-12)16-9-18-10-23-16/h3-4,7,9-11,13-14H,1-2,5-6,8H2,(H2,20,21,22)/t11-,13+,14+/m1/s1. The SMILES string of the molecule is O=C(NCc1ccnc(-c2cnco2)c1)N[C@H]1C[C@@H]2CC[C@H]1C2. The lowest BCUT2D eigenvalue weighted by molar-refractivity contribution is 0.230. The van der Waals surface area contributed by atoms with Crippen molar-refractivity contribution in [3.8, 4) is 11.5 Å². The van der Waals surface area contributed by atoms with Crippen LogP contribution in [0.15, 0.2) is 35.3 Å². The Morgan fingerprint density at radius 1 is 1.35 bits per heavy atom. The number of carbonyl (C=O) groups excluding carboxylic acids is 1. The Kier molecular flexibility index (Phi) is 3.73. The maximum Gasteiger partial charge on any atom is 0.315 e. The van der Waals surface area contributed by atoms with Crippen molar-refractivity contribution in [2.45, 2.75) is 38.3 Å². The molecule has 0 aromatic carbocycles. The van der Waals surface area contributed by atoms with Gasteiger partial charge in [0.15, 0.2) is 12.2 Å². The maximum atomic E-state index is 12.1. The molecule has 4 rings (SSSR count). The number of hydrogen-bond donors (Lipinski definition) is 2. The van der Waals surface area contributed by atoms with E-state index in [1.807, 2.05) is 12.1 Å². The predicted octanol–water partition coefficient (Wildman–Crippen LogP) is 2.72. The molecule has 2 heterocycles. The number of pyridine rings is 1. The smallest absolute Gasteiger partial charge is 0.315 e. The molecule has 2 aliphatic rings. The van der Waals surface area contributed by atoms with Gasteiger partial charge in [0.05, 0.1) is 6.20 Å². The first-order valence-corrected chi connectivity index (χ1v) is 8.16. The molecule has 2 N–H and O–H groups in total. The quantitative estimate of drug-likeness (QED) is 0.909. The van der Waals surface area contributed by atoms with Crippen molar-refractivity contribution >= 4 is 6.03 Å². The topological polar surface area (TPSA) is 80.1 Å². The Labute approximate surface area is 134 Å². The van der Waals surface area contributed by atoms with Crippen molar-refractivity contribution < 1.29 is 9.21 Å². The van der Waals surface area contributed by atoms with Gasteiger partial charge in [0.25, 0.3) is 0 Å². The number of aromatic nitrogens is 2. The molecule has 2 fully saturated rings. The van der Waals surface area contributed by atoms with E-state index in [0.29, 0.717) is 24.3 Å². The van der Waals surface area contributed by atoms with Gasteiger partial charge in [-0.15, -0.1) is 0 Å². The van der Waals surface area contributed by atoms with Crippen molar-refractivity contribution in [1.29, 1.82) is 0 Å². The summed E-state index contributed by atoms with van der Waals surface area (Å²) >= 11 is 0. The molecule has 2 bridgehead atoms. The van der Waals surface area contributed by atoms with Crippen molar-refractivity contribution in [2.75, 3.05) is 0 Å². The van der Waals surface area contributed by atoms with Gasteiger partial charge in [-0.3, -0.25) is 4.98 Å². The van der Waals surface area contributed by atoms with Gasteiger partial charge >= 0.3 is 6.03 Å². The van der Waals surface area contributed by atoms with Crippen LogP contribution in [0.3, 0.4) is 0 Å². The minimum atomic E-state index is -0.0828. The summed E-state index contributed by atoms with van der Waals surface area (Å²) in [6.45, 7) is 0.469. The van der Waals surface area contributed by atoms with Crippen LogP contribution in [-0.2, 0) is 6.54 Å². The highest BCUT2D eigenvalue weighted by Gasteiger charge is 2.40. The number of nitrogens with zero attached hydrogens (tertiary/aromatic N) is 2. The van der Waals surface area contributed by atoms with E-state index in [0.717, 1.165) is 23.6 Å². The van der Waals surface area contributed by atoms with E-state index in [1.54, 1.807) is 12.4 Å². The second-order valence-electron chi connectivity index (χ2n) is 6.52. The van der Waals surface area contributed by atoms with Crippen LogP contribution in [0.2, 0.25) is 0 Å². The molecule has 2 aliphatic carbocycles. The van der Waals surface area contributed by atoms with Crippen molar-refractivity contribution in [1.82, 2.24) is 20.6 Å². The van der Waals surface area contributed by atoms with Crippen LogP contribution in [0.5, 0.6) is 0 Å². The first-order chi connectivity index (χ1) is 11.3. The molecule has 0 unspecified atom stereocenters. The summed E-state index contributed by atoms with van der Waals surface area (Å²) in [6.07, 6.45) is 9.75. The fraction of sp³-hybridized carbons (Fsp3) is 0.471. The summed E-state index contributed by atoms with van der Waals surface area (Å²) in [4.78, 5) is 20.2.